The summed E-state index contributed by atoms with van der Waals surface area (Å²) in [5, 5.41) is 0. The van der Waals surface area contributed by atoms with Crippen LogP contribution in [0.4, 0.5) is 0 Å². The standard InChI is InChI=1S/C21H28N2O3/c1-15(2)25-21-13-12-20(14-22-21)26-19-10-8-18(9-11-19)7-6-16(3)23(5)17(4)24/h8-16H,6-7H2,1-5H3. The lowest BCUT2D eigenvalue weighted by Crippen LogP contribution is -2.33. The van der Waals surface area contributed by atoms with E-state index in [-0.39, 0.29) is 18.1 Å². The van der Waals surface area contributed by atoms with Crippen molar-refractivity contribution in [3.05, 3.63) is 48.2 Å². The van der Waals surface area contributed by atoms with E-state index in [2.05, 4.69) is 24.0 Å². The van der Waals surface area contributed by atoms with Crippen LogP contribution in [0.15, 0.2) is 42.6 Å². The van der Waals surface area contributed by atoms with Crippen LogP contribution in [0.25, 0.3) is 0 Å². The third kappa shape index (κ3) is 6.06. The topological polar surface area (TPSA) is 51.7 Å². The van der Waals surface area contributed by atoms with Crippen LogP contribution in [0.1, 0.15) is 39.7 Å². The summed E-state index contributed by atoms with van der Waals surface area (Å²) >= 11 is 0. The number of ether oxygens (including phenoxy) is 2. The second-order valence-corrected chi connectivity index (χ2v) is 6.76. The van der Waals surface area contributed by atoms with E-state index in [1.54, 1.807) is 24.1 Å². The molecular weight excluding hydrogens is 328 g/mol. The van der Waals surface area contributed by atoms with Crippen LogP contribution in [-0.2, 0) is 11.2 Å². The highest BCUT2D eigenvalue weighted by Gasteiger charge is 2.11. The molecule has 2 aromatic rings. The fraction of sp³-hybridized carbons (Fsp3) is 0.429. The molecule has 0 saturated carbocycles. The Hall–Kier alpha value is -2.56. The van der Waals surface area contributed by atoms with E-state index in [4.69, 9.17) is 9.47 Å². The maximum absolute atomic E-state index is 11.4. The molecule has 26 heavy (non-hydrogen) atoms. The van der Waals surface area contributed by atoms with Crippen molar-refractivity contribution in [2.75, 3.05) is 7.05 Å². The van der Waals surface area contributed by atoms with Crippen molar-refractivity contribution < 1.29 is 14.3 Å². The number of carbonyl (C=O) groups is 1. The lowest BCUT2D eigenvalue weighted by atomic mass is 10.1. The third-order valence-electron chi connectivity index (χ3n) is 4.23. The number of hydrogen-bond donors (Lipinski definition) is 0. The first kappa shape index (κ1) is 19.8. The lowest BCUT2D eigenvalue weighted by Gasteiger charge is -2.23. The van der Waals surface area contributed by atoms with Gasteiger partial charge in [-0.15, -0.1) is 0 Å². The number of aromatic nitrogens is 1. The van der Waals surface area contributed by atoms with Gasteiger partial charge in [0.05, 0.1) is 12.3 Å². The van der Waals surface area contributed by atoms with Gasteiger partial charge in [0, 0.05) is 26.1 Å². The fourth-order valence-corrected chi connectivity index (χ4v) is 2.48. The minimum absolute atomic E-state index is 0.0969. The summed E-state index contributed by atoms with van der Waals surface area (Å²) in [6, 6.07) is 11.9. The highest BCUT2D eigenvalue weighted by molar-refractivity contribution is 5.73. The molecule has 1 aromatic heterocycles. The molecule has 1 heterocycles. The molecule has 140 valence electrons. The molecule has 1 unspecified atom stereocenters. The van der Waals surface area contributed by atoms with Gasteiger partial charge in [-0.3, -0.25) is 4.79 Å². The molecule has 0 aliphatic heterocycles. The Balaban J connectivity index is 1.88. The second kappa shape index (κ2) is 9.22. The van der Waals surface area contributed by atoms with Gasteiger partial charge in [-0.2, -0.15) is 0 Å². The summed E-state index contributed by atoms with van der Waals surface area (Å²) in [5.41, 5.74) is 1.22. The van der Waals surface area contributed by atoms with E-state index in [0.717, 1.165) is 18.6 Å². The molecule has 5 heteroatoms. The molecule has 0 bridgehead atoms. The quantitative estimate of drug-likeness (QED) is 0.701. The first-order valence-corrected chi connectivity index (χ1v) is 8.98. The molecule has 0 spiro atoms. The minimum atomic E-state index is 0.0969. The van der Waals surface area contributed by atoms with Gasteiger partial charge in [-0.05, 0) is 57.4 Å². The number of benzene rings is 1. The number of carbonyl (C=O) groups excluding carboxylic acids is 1. The van der Waals surface area contributed by atoms with Gasteiger partial charge in [0.2, 0.25) is 11.8 Å². The Morgan fingerprint density at radius 3 is 2.27 bits per heavy atom. The van der Waals surface area contributed by atoms with Crippen LogP contribution in [0.3, 0.4) is 0 Å². The molecule has 0 aliphatic rings. The zero-order chi connectivity index (χ0) is 19.1. The summed E-state index contributed by atoms with van der Waals surface area (Å²) in [7, 11) is 1.84. The molecule has 1 atom stereocenters. The summed E-state index contributed by atoms with van der Waals surface area (Å²) in [4.78, 5) is 17.4. The Morgan fingerprint density at radius 2 is 1.73 bits per heavy atom. The van der Waals surface area contributed by atoms with E-state index in [0.29, 0.717) is 11.6 Å². The van der Waals surface area contributed by atoms with Crippen LogP contribution in [0.2, 0.25) is 0 Å². The predicted molar refractivity (Wildman–Crippen MR) is 103 cm³/mol. The smallest absolute Gasteiger partial charge is 0.219 e. The van der Waals surface area contributed by atoms with Crippen LogP contribution in [0.5, 0.6) is 17.4 Å². The number of aryl methyl sites for hydroxylation is 1. The highest BCUT2D eigenvalue weighted by atomic mass is 16.5. The van der Waals surface area contributed by atoms with Crippen LogP contribution >= 0.6 is 0 Å². The maximum atomic E-state index is 11.4. The highest BCUT2D eigenvalue weighted by Crippen LogP contribution is 2.23. The van der Waals surface area contributed by atoms with E-state index in [1.807, 2.05) is 39.1 Å². The summed E-state index contributed by atoms with van der Waals surface area (Å²) in [6.45, 7) is 7.59. The zero-order valence-corrected chi connectivity index (χ0v) is 16.2. The lowest BCUT2D eigenvalue weighted by molar-refractivity contribution is -0.129. The molecule has 5 nitrogen and oxygen atoms in total. The van der Waals surface area contributed by atoms with Crippen molar-refractivity contribution in [3.8, 4) is 17.4 Å². The van der Waals surface area contributed by atoms with Gasteiger partial charge in [0.1, 0.15) is 11.5 Å². The number of rotatable bonds is 8. The van der Waals surface area contributed by atoms with E-state index < -0.39 is 0 Å². The molecule has 1 amide bonds. The van der Waals surface area contributed by atoms with Gasteiger partial charge in [0.25, 0.3) is 0 Å². The van der Waals surface area contributed by atoms with Crippen LogP contribution in [0, 0.1) is 0 Å². The first-order chi connectivity index (χ1) is 12.3. The number of pyridine rings is 1. The van der Waals surface area contributed by atoms with Gasteiger partial charge < -0.3 is 14.4 Å². The molecule has 2 rings (SSSR count). The van der Waals surface area contributed by atoms with Gasteiger partial charge in [-0.25, -0.2) is 4.98 Å². The van der Waals surface area contributed by atoms with Crippen molar-refractivity contribution in [1.82, 2.24) is 9.88 Å². The van der Waals surface area contributed by atoms with Crippen molar-refractivity contribution in [2.45, 2.75) is 52.7 Å². The molecule has 1 aromatic carbocycles. The third-order valence-corrected chi connectivity index (χ3v) is 4.23. The molecule has 0 aliphatic carbocycles. The molecule has 0 fully saturated rings. The average Bonchev–Trinajstić information content (AvgIpc) is 2.61. The molecule has 0 N–H and O–H groups in total. The average molecular weight is 356 g/mol. The summed E-state index contributed by atoms with van der Waals surface area (Å²) < 4.78 is 11.3. The first-order valence-electron chi connectivity index (χ1n) is 8.98. The van der Waals surface area contributed by atoms with E-state index in [1.165, 1.54) is 5.56 Å². The van der Waals surface area contributed by atoms with Crippen molar-refractivity contribution in [2.24, 2.45) is 0 Å². The number of amides is 1. The second-order valence-electron chi connectivity index (χ2n) is 6.76. The molecule has 0 saturated heterocycles. The Kier molecular flexibility index (Phi) is 7.01. The summed E-state index contributed by atoms with van der Waals surface area (Å²) in [5.74, 6) is 2.12. The maximum Gasteiger partial charge on any atom is 0.219 e. The summed E-state index contributed by atoms with van der Waals surface area (Å²) in [6.07, 6.45) is 3.60. The van der Waals surface area contributed by atoms with E-state index in [9.17, 15) is 4.79 Å². The van der Waals surface area contributed by atoms with Gasteiger partial charge in [-0.1, -0.05) is 12.1 Å². The fourth-order valence-electron chi connectivity index (χ4n) is 2.48. The minimum Gasteiger partial charge on any atom is -0.475 e. The molecular formula is C21H28N2O3. The molecule has 0 radical (unpaired) electrons. The SMILES string of the molecule is CC(=O)N(C)C(C)CCc1ccc(Oc2ccc(OC(C)C)nc2)cc1. The zero-order valence-electron chi connectivity index (χ0n) is 16.2. The number of hydrogen-bond acceptors (Lipinski definition) is 4. The van der Waals surface area contributed by atoms with Crippen LogP contribution < -0.4 is 9.47 Å². The normalized spacial score (nSPS) is 11.9. The largest absolute Gasteiger partial charge is 0.475 e. The Bertz CT molecular complexity index is 696. The van der Waals surface area contributed by atoms with Crippen molar-refractivity contribution in [3.63, 3.8) is 0 Å². The van der Waals surface area contributed by atoms with Gasteiger partial charge >= 0.3 is 0 Å². The number of nitrogens with zero attached hydrogens (tertiary/aromatic N) is 2. The van der Waals surface area contributed by atoms with Crippen molar-refractivity contribution in [1.29, 1.82) is 0 Å². The van der Waals surface area contributed by atoms with Crippen molar-refractivity contribution >= 4 is 5.91 Å². The van der Waals surface area contributed by atoms with Crippen LogP contribution in [-0.4, -0.2) is 35.0 Å². The monoisotopic (exact) mass is 356 g/mol. The predicted octanol–water partition coefficient (Wildman–Crippen LogP) is 4.46. The van der Waals surface area contributed by atoms with E-state index >= 15 is 0 Å². The van der Waals surface area contributed by atoms with Gasteiger partial charge in [0.15, 0.2) is 0 Å². The Labute approximate surface area is 156 Å². The Morgan fingerprint density at radius 1 is 1.08 bits per heavy atom.